The van der Waals surface area contributed by atoms with Crippen molar-refractivity contribution in [3.8, 4) is 11.5 Å². The van der Waals surface area contributed by atoms with E-state index in [0.717, 1.165) is 11.1 Å². The molecule has 1 saturated heterocycles. The topological polar surface area (TPSA) is 108 Å². The van der Waals surface area contributed by atoms with Gasteiger partial charge < -0.3 is 19.4 Å². The molecule has 9 heteroatoms. The zero-order chi connectivity index (χ0) is 24.3. The molecule has 0 radical (unpaired) electrons. The van der Waals surface area contributed by atoms with Crippen molar-refractivity contribution in [3.05, 3.63) is 58.7 Å². The van der Waals surface area contributed by atoms with Gasteiger partial charge in [0.15, 0.2) is 16.6 Å². The molecule has 0 unspecified atom stereocenters. The highest BCUT2D eigenvalue weighted by atomic mass is 32.1. The predicted octanol–water partition coefficient (Wildman–Crippen LogP) is 2.05. The van der Waals surface area contributed by atoms with E-state index in [1.165, 1.54) is 24.0 Å². The molecule has 0 spiro atoms. The molecule has 0 aromatic heterocycles. The van der Waals surface area contributed by atoms with Gasteiger partial charge in [-0.2, -0.15) is 0 Å². The summed E-state index contributed by atoms with van der Waals surface area (Å²) in [5.41, 5.74) is 2.97. The molecule has 0 bridgehead atoms. The van der Waals surface area contributed by atoms with E-state index < -0.39 is 23.9 Å². The summed E-state index contributed by atoms with van der Waals surface area (Å²) >= 11 is 5.25. The van der Waals surface area contributed by atoms with E-state index in [1.807, 2.05) is 26.0 Å². The van der Waals surface area contributed by atoms with Crippen LogP contribution in [0, 0.1) is 13.8 Å². The van der Waals surface area contributed by atoms with Gasteiger partial charge in [-0.1, -0.05) is 12.1 Å². The number of carboxylic acids is 1. The molecule has 1 N–H and O–H groups in total. The van der Waals surface area contributed by atoms with Gasteiger partial charge in [0, 0.05) is 0 Å². The van der Waals surface area contributed by atoms with Crippen LogP contribution in [0.3, 0.4) is 0 Å². The summed E-state index contributed by atoms with van der Waals surface area (Å²) < 4.78 is 10.9. The number of ether oxygens (including phenoxy) is 2. The first-order chi connectivity index (χ1) is 15.6. The fourth-order valence-electron chi connectivity index (χ4n) is 3.14. The number of nitrogens with one attached hydrogen (secondary N) is 1. The summed E-state index contributed by atoms with van der Waals surface area (Å²) in [5.74, 6) is -2.07. The van der Waals surface area contributed by atoms with Crippen molar-refractivity contribution in [1.82, 2.24) is 5.32 Å². The fourth-order valence-corrected chi connectivity index (χ4v) is 3.42. The Morgan fingerprint density at radius 1 is 1.15 bits per heavy atom. The average molecular weight is 468 g/mol. The lowest BCUT2D eigenvalue weighted by Crippen LogP contribution is -2.54. The third-order valence-electron chi connectivity index (χ3n) is 5.06. The molecular weight excluding hydrogens is 444 g/mol. The van der Waals surface area contributed by atoms with E-state index in [1.54, 1.807) is 25.1 Å². The Morgan fingerprint density at radius 2 is 1.88 bits per heavy atom. The molecule has 0 saturated carbocycles. The number of benzene rings is 2. The van der Waals surface area contributed by atoms with Gasteiger partial charge in [0.1, 0.15) is 11.7 Å². The highest BCUT2D eigenvalue weighted by molar-refractivity contribution is 7.80. The maximum Gasteiger partial charge on any atom is 0.270 e. The maximum absolute atomic E-state index is 13.2. The van der Waals surface area contributed by atoms with Crippen LogP contribution in [-0.2, 0) is 14.4 Å². The lowest BCUT2D eigenvalue weighted by Gasteiger charge is -2.29. The number of aryl methyl sites for hydroxylation is 2. The minimum Gasteiger partial charge on any atom is -0.546 e. The molecule has 2 amide bonds. The number of carbonyl (C=O) groups excluding carboxylic acids is 3. The molecule has 1 aliphatic heterocycles. The highest BCUT2D eigenvalue weighted by Crippen LogP contribution is 2.31. The van der Waals surface area contributed by atoms with Crippen LogP contribution in [0.1, 0.15) is 30.5 Å². The molecule has 8 nitrogen and oxygen atoms in total. The molecule has 3 rings (SSSR count). The van der Waals surface area contributed by atoms with Crippen LogP contribution in [0.15, 0.2) is 42.0 Å². The second kappa shape index (κ2) is 9.83. The van der Waals surface area contributed by atoms with Gasteiger partial charge in [0.05, 0.1) is 18.3 Å². The molecule has 2 aromatic rings. The molecule has 1 fully saturated rings. The normalized spacial score (nSPS) is 15.9. The first-order valence-corrected chi connectivity index (χ1v) is 10.7. The second-order valence-corrected chi connectivity index (χ2v) is 7.83. The number of carbonyl (C=O) groups is 3. The quantitative estimate of drug-likeness (QED) is 0.377. The maximum atomic E-state index is 13.2. The number of anilines is 1. The Morgan fingerprint density at radius 3 is 2.52 bits per heavy atom. The molecule has 2 aromatic carbocycles. The van der Waals surface area contributed by atoms with Gasteiger partial charge in [-0.15, -0.1) is 0 Å². The highest BCUT2D eigenvalue weighted by Gasteiger charge is 2.34. The number of aliphatic carboxylic acids is 1. The first-order valence-electron chi connectivity index (χ1n) is 10.3. The van der Waals surface area contributed by atoms with Crippen LogP contribution < -0.4 is 24.8 Å². The van der Waals surface area contributed by atoms with Crippen LogP contribution in [0.25, 0.3) is 6.08 Å². The third kappa shape index (κ3) is 5.20. The SMILES string of the molecule is CCOc1cc(/C=C2\C(=O)NC(=S)N(c3ccc(C)c(C)c3)C2=O)ccc1O[C@@H](C)C(=O)[O-]. The minimum atomic E-state index is -1.37. The van der Waals surface area contributed by atoms with Crippen LogP contribution in [0.4, 0.5) is 5.69 Å². The number of nitrogens with zero attached hydrogens (tertiary/aromatic N) is 1. The number of hydrogen-bond donors (Lipinski definition) is 1. The van der Waals surface area contributed by atoms with Crippen molar-refractivity contribution in [3.63, 3.8) is 0 Å². The predicted molar refractivity (Wildman–Crippen MR) is 125 cm³/mol. The zero-order valence-corrected chi connectivity index (χ0v) is 19.4. The molecule has 1 heterocycles. The second-order valence-electron chi connectivity index (χ2n) is 7.44. The molecule has 1 aliphatic rings. The van der Waals surface area contributed by atoms with E-state index in [9.17, 15) is 19.5 Å². The standard InChI is InChI=1S/C24H24N2O6S/c1-5-31-20-12-16(7-9-19(20)32-15(4)23(29)30)11-18-21(27)25-24(33)26(22(18)28)17-8-6-13(2)14(3)10-17/h6-12,15H,5H2,1-4H3,(H,29,30)(H,25,27,33)/p-1/b18-11+/t15-/m0/s1. The summed E-state index contributed by atoms with van der Waals surface area (Å²) in [7, 11) is 0. The number of thiocarbonyl (C=S) groups is 1. The van der Waals surface area contributed by atoms with Gasteiger partial charge in [-0.05, 0) is 86.9 Å². The van der Waals surface area contributed by atoms with Gasteiger partial charge >= 0.3 is 0 Å². The Kier molecular flexibility index (Phi) is 7.13. The van der Waals surface area contributed by atoms with Crippen molar-refractivity contribution in [2.45, 2.75) is 33.8 Å². The lowest BCUT2D eigenvalue weighted by atomic mass is 10.0. The van der Waals surface area contributed by atoms with Crippen LogP contribution in [0.2, 0.25) is 0 Å². The molecular formula is C24H23N2O6S-. The summed E-state index contributed by atoms with van der Waals surface area (Å²) in [4.78, 5) is 38.1. The molecule has 1 atom stereocenters. The molecule has 0 aliphatic carbocycles. The van der Waals surface area contributed by atoms with E-state index in [0.29, 0.717) is 17.9 Å². The number of amides is 2. The van der Waals surface area contributed by atoms with Gasteiger partial charge in [-0.3, -0.25) is 19.8 Å². The minimum absolute atomic E-state index is 0.000393. The number of rotatable bonds is 7. The summed E-state index contributed by atoms with van der Waals surface area (Å²) in [6.45, 7) is 7.28. The van der Waals surface area contributed by atoms with Crippen LogP contribution >= 0.6 is 12.2 Å². The van der Waals surface area contributed by atoms with E-state index in [4.69, 9.17) is 21.7 Å². The van der Waals surface area contributed by atoms with Gasteiger partial charge in [-0.25, -0.2) is 0 Å². The summed E-state index contributed by atoms with van der Waals surface area (Å²) in [6.07, 6.45) is 0.230. The fraction of sp³-hybridized carbons (Fsp3) is 0.250. The van der Waals surface area contributed by atoms with Crippen molar-refractivity contribution < 1.29 is 29.0 Å². The molecule has 33 heavy (non-hydrogen) atoms. The van der Waals surface area contributed by atoms with Crippen LogP contribution in [0.5, 0.6) is 11.5 Å². The third-order valence-corrected chi connectivity index (χ3v) is 5.35. The Hall–Kier alpha value is -3.72. The zero-order valence-electron chi connectivity index (χ0n) is 18.6. The largest absolute Gasteiger partial charge is 0.546 e. The van der Waals surface area contributed by atoms with E-state index in [-0.39, 0.29) is 22.2 Å². The van der Waals surface area contributed by atoms with Gasteiger partial charge in [0.25, 0.3) is 11.8 Å². The Bertz CT molecular complexity index is 1170. The Balaban J connectivity index is 1.98. The Labute approximate surface area is 196 Å². The van der Waals surface area contributed by atoms with Crippen molar-refractivity contribution in [1.29, 1.82) is 0 Å². The smallest absolute Gasteiger partial charge is 0.270 e. The lowest BCUT2D eigenvalue weighted by molar-refractivity contribution is -0.312. The number of hydrogen-bond acceptors (Lipinski definition) is 7. The van der Waals surface area contributed by atoms with Crippen LogP contribution in [-0.4, -0.2) is 35.6 Å². The average Bonchev–Trinajstić information content (AvgIpc) is 2.75. The van der Waals surface area contributed by atoms with Gasteiger partial charge in [0.2, 0.25) is 0 Å². The van der Waals surface area contributed by atoms with E-state index in [2.05, 4.69) is 5.32 Å². The monoisotopic (exact) mass is 467 g/mol. The van der Waals surface area contributed by atoms with Crippen molar-refractivity contribution in [2.75, 3.05) is 11.5 Å². The summed E-state index contributed by atoms with van der Waals surface area (Å²) in [5, 5.41) is 13.6. The molecule has 172 valence electrons. The van der Waals surface area contributed by atoms with Crippen molar-refractivity contribution >= 4 is 46.9 Å². The number of carboxylic acid groups (broad SMARTS) is 1. The summed E-state index contributed by atoms with van der Waals surface area (Å²) in [6, 6.07) is 10.1. The van der Waals surface area contributed by atoms with E-state index >= 15 is 0 Å². The first kappa shape index (κ1) is 23.9. The van der Waals surface area contributed by atoms with Crippen molar-refractivity contribution in [2.24, 2.45) is 0 Å².